The monoisotopic (exact) mass is 644 g/mol. The molecule has 0 aliphatic heterocycles. The molecule has 1 aliphatic carbocycles. The molecule has 1 N–H and O–H groups in total. The lowest BCUT2D eigenvalue weighted by Crippen LogP contribution is -2.24. The fourth-order valence-electron chi connectivity index (χ4n) is 5.53. The minimum Gasteiger partial charge on any atom is -0.406 e. The van der Waals surface area contributed by atoms with Crippen LogP contribution >= 0.6 is 11.3 Å². The van der Waals surface area contributed by atoms with E-state index in [2.05, 4.69) is 51.1 Å². The normalized spacial score (nSPS) is 13.9. The predicted octanol–water partition coefficient (Wildman–Crippen LogP) is 8.32. The Morgan fingerprint density at radius 3 is 2.43 bits per heavy atom. The number of rotatable bonds is 7. The van der Waals surface area contributed by atoms with Gasteiger partial charge < -0.3 is 10.1 Å². The van der Waals surface area contributed by atoms with Gasteiger partial charge in [0.1, 0.15) is 12.1 Å². The van der Waals surface area contributed by atoms with E-state index in [0.29, 0.717) is 22.2 Å². The van der Waals surface area contributed by atoms with Gasteiger partial charge in [0.2, 0.25) is 0 Å². The number of amides is 2. The highest BCUT2D eigenvalue weighted by atomic mass is 32.1. The van der Waals surface area contributed by atoms with Crippen LogP contribution < -0.4 is 14.9 Å². The molecule has 1 aliphatic rings. The number of aryl methyl sites for hydroxylation is 1. The molecule has 12 heteroatoms. The third-order valence-corrected chi connectivity index (χ3v) is 8.61. The van der Waals surface area contributed by atoms with E-state index in [1.165, 1.54) is 52.2 Å². The highest BCUT2D eigenvalue weighted by molar-refractivity contribution is 7.07. The largest absolute Gasteiger partial charge is 0.573 e. The molecule has 0 unspecified atom stereocenters. The zero-order chi connectivity index (χ0) is 32.4. The molecule has 6 rings (SSSR count). The maximum atomic E-state index is 13.2. The summed E-state index contributed by atoms with van der Waals surface area (Å²) in [7, 11) is 0. The quantitative estimate of drug-likeness (QED) is 0.193. The Kier molecular flexibility index (Phi) is 8.63. The SMILES string of the molecule is Cc1csc(=NC(=O)NC2=C(c3ccc(-c4ncn(-c5ccc(OC(F)(F)F)cc5)n4)cc3)CCC2)n1-c1ccccc1C(C)C. The lowest BCUT2D eigenvalue weighted by Gasteiger charge is -2.15. The average Bonchev–Trinajstić information content (AvgIpc) is 3.78. The van der Waals surface area contributed by atoms with Crippen molar-refractivity contribution in [3.63, 3.8) is 0 Å². The third-order valence-electron chi connectivity index (χ3n) is 7.67. The molecule has 3 aromatic carbocycles. The van der Waals surface area contributed by atoms with E-state index in [1.54, 1.807) is 0 Å². The summed E-state index contributed by atoms with van der Waals surface area (Å²) in [6.07, 6.45) is -0.755. The number of ether oxygens (including phenoxy) is 1. The highest BCUT2D eigenvalue weighted by Crippen LogP contribution is 2.33. The molecule has 2 amide bonds. The molecule has 0 fully saturated rings. The number of carbonyl (C=O) groups is 1. The number of para-hydroxylation sites is 1. The van der Waals surface area contributed by atoms with Gasteiger partial charge in [0.25, 0.3) is 0 Å². The second kappa shape index (κ2) is 12.8. The van der Waals surface area contributed by atoms with Gasteiger partial charge in [0.15, 0.2) is 10.6 Å². The second-order valence-electron chi connectivity index (χ2n) is 11.2. The molecule has 2 aromatic heterocycles. The molecule has 0 saturated heterocycles. The fraction of sp³-hybridized carbons (Fsp3) is 0.235. The van der Waals surface area contributed by atoms with E-state index < -0.39 is 12.4 Å². The van der Waals surface area contributed by atoms with Gasteiger partial charge in [-0.15, -0.1) is 29.6 Å². The summed E-state index contributed by atoms with van der Waals surface area (Å²) in [5.41, 5.74) is 7.46. The summed E-state index contributed by atoms with van der Waals surface area (Å²) < 4.78 is 44.8. The van der Waals surface area contributed by atoms with E-state index >= 15 is 0 Å². The van der Waals surface area contributed by atoms with Crippen molar-refractivity contribution in [3.05, 3.63) is 112 Å². The minimum absolute atomic E-state index is 0.310. The molecule has 0 saturated carbocycles. The zero-order valence-corrected chi connectivity index (χ0v) is 26.2. The van der Waals surface area contributed by atoms with Gasteiger partial charge in [0.05, 0.1) is 11.4 Å². The number of hydrogen-bond acceptors (Lipinski definition) is 5. The van der Waals surface area contributed by atoms with Crippen molar-refractivity contribution in [3.8, 4) is 28.5 Å². The number of aromatic nitrogens is 4. The maximum absolute atomic E-state index is 13.2. The smallest absolute Gasteiger partial charge is 0.406 e. The Bertz CT molecular complexity index is 1970. The summed E-state index contributed by atoms with van der Waals surface area (Å²) in [5.74, 6) is 0.472. The Hall–Kier alpha value is -4.97. The Labute approximate surface area is 267 Å². The van der Waals surface area contributed by atoms with Crippen LogP contribution in [0.4, 0.5) is 18.0 Å². The number of halogens is 3. The minimum atomic E-state index is -4.75. The van der Waals surface area contributed by atoms with Crippen LogP contribution in [0.1, 0.15) is 55.8 Å². The van der Waals surface area contributed by atoms with E-state index in [9.17, 15) is 18.0 Å². The molecule has 5 aromatic rings. The van der Waals surface area contributed by atoms with Gasteiger partial charge in [-0.25, -0.2) is 14.5 Å². The molecule has 8 nitrogen and oxygen atoms in total. The van der Waals surface area contributed by atoms with Crippen molar-refractivity contribution in [1.82, 2.24) is 24.6 Å². The van der Waals surface area contributed by atoms with Gasteiger partial charge in [-0.1, -0.05) is 56.3 Å². The van der Waals surface area contributed by atoms with Crippen LogP contribution in [0.5, 0.6) is 5.75 Å². The first-order valence-electron chi connectivity index (χ1n) is 14.8. The number of alkyl halides is 3. The fourth-order valence-corrected chi connectivity index (χ4v) is 6.39. The van der Waals surface area contributed by atoms with Crippen molar-refractivity contribution in [2.75, 3.05) is 0 Å². The van der Waals surface area contributed by atoms with Crippen LogP contribution in [0.15, 0.2) is 95.2 Å². The summed E-state index contributed by atoms with van der Waals surface area (Å²) in [6.45, 7) is 6.31. The molecule has 2 heterocycles. The van der Waals surface area contributed by atoms with Crippen molar-refractivity contribution < 1.29 is 22.7 Å². The number of hydrogen-bond donors (Lipinski definition) is 1. The van der Waals surface area contributed by atoms with Gasteiger partial charge in [-0.2, -0.15) is 4.99 Å². The van der Waals surface area contributed by atoms with E-state index in [1.807, 2.05) is 53.3 Å². The first kappa shape index (κ1) is 31.0. The number of urea groups is 1. The van der Waals surface area contributed by atoms with E-state index in [-0.39, 0.29) is 5.75 Å². The van der Waals surface area contributed by atoms with Gasteiger partial charge >= 0.3 is 12.4 Å². The van der Waals surface area contributed by atoms with Crippen LogP contribution in [0.25, 0.3) is 28.3 Å². The van der Waals surface area contributed by atoms with E-state index in [0.717, 1.165) is 53.0 Å². The number of carbonyl (C=O) groups excluding carboxylic acids is 1. The molecule has 0 bridgehead atoms. The van der Waals surface area contributed by atoms with Gasteiger partial charge in [-0.05, 0) is 79.1 Å². The highest BCUT2D eigenvalue weighted by Gasteiger charge is 2.31. The molecule has 0 radical (unpaired) electrons. The molecule has 0 atom stereocenters. The Balaban J connectivity index is 1.19. The topological polar surface area (TPSA) is 86.3 Å². The number of nitrogens with one attached hydrogen (secondary N) is 1. The average molecular weight is 645 g/mol. The molecular formula is C34H31F3N6O2S. The zero-order valence-electron chi connectivity index (χ0n) is 25.4. The van der Waals surface area contributed by atoms with Crippen LogP contribution in [0.2, 0.25) is 0 Å². The molecular weight excluding hydrogens is 613 g/mol. The second-order valence-corrected chi connectivity index (χ2v) is 12.0. The molecule has 236 valence electrons. The molecule has 0 spiro atoms. The summed E-state index contributed by atoms with van der Waals surface area (Å²) in [4.78, 5) is 22.7. The third kappa shape index (κ3) is 6.81. The van der Waals surface area contributed by atoms with Gasteiger partial charge in [-0.3, -0.25) is 4.57 Å². The number of allylic oxidation sites excluding steroid dienone is 2. The van der Waals surface area contributed by atoms with Crippen LogP contribution in [-0.2, 0) is 0 Å². The predicted molar refractivity (Wildman–Crippen MR) is 171 cm³/mol. The lowest BCUT2D eigenvalue weighted by molar-refractivity contribution is -0.274. The van der Waals surface area contributed by atoms with Gasteiger partial charge in [0, 0.05) is 22.3 Å². The first-order chi connectivity index (χ1) is 22.1. The summed E-state index contributed by atoms with van der Waals surface area (Å²) in [6, 6.07) is 20.9. The van der Waals surface area contributed by atoms with Crippen LogP contribution in [-0.4, -0.2) is 31.7 Å². The van der Waals surface area contributed by atoms with Crippen molar-refractivity contribution in [2.45, 2.75) is 52.3 Å². The number of benzene rings is 3. The van der Waals surface area contributed by atoms with Crippen molar-refractivity contribution >= 4 is 22.9 Å². The number of nitrogens with zero attached hydrogens (tertiary/aromatic N) is 5. The Morgan fingerprint density at radius 1 is 1.00 bits per heavy atom. The van der Waals surface area contributed by atoms with Crippen molar-refractivity contribution in [2.24, 2.45) is 4.99 Å². The summed E-state index contributed by atoms with van der Waals surface area (Å²) in [5, 5.41) is 9.54. The van der Waals surface area contributed by atoms with Crippen LogP contribution in [0, 0.1) is 6.92 Å². The molecule has 46 heavy (non-hydrogen) atoms. The number of thiazole rings is 1. The summed E-state index contributed by atoms with van der Waals surface area (Å²) >= 11 is 1.44. The van der Waals surface area contributed by atoms with Crippen molar-refractivity contribution in [1.29, 1.82) is 0 Å². The first-order valence-corrected chi connectivity index (χ1v) is 15.7. The lowest BCUT2D eigenvalue weighted by atomic mass is 10.0. The Morgan fingerprint density at radius 2 is 1.72 bits per heavy atom. The van der Waals surface area contributed by atoms with Crippen LogP contribution in [0.3, 0.4) is 0 Å². The maximum Gasteiger partial charge on any atom is 0.573 e. The van der Waals surface area contributed by atoms with E-state index in [4.69, 9.17) is 0 Å². The standard InChI is InChI=1S/C34H31F3N6O2S/c1-21(2)27-7-4-5-10-30(27)43-22(3)19-46-33(43)40-32(44)39-29-9-6-8-28(29)23-11-13-24(14-12-23)31-38-20-42(41-31)25-15-17-26(18-16-25)45-34(35,36)37/h4-5,7,10-21H,6,8-9H2,1-3H3,(H,39,44).